The van der Waals surface area contributed by atoms with Crippen LogP contribution in [0.3, 0.4) is 0 Å². The summed E-state index contributed by atoms with van der Waals surface area (Å²) in [5.74, 6) is -1.37. The monoisotopic (exact) mass is 333 g/mol. The first-order valence-electron chi connectivity index (χ1n) is 8.14. The smallest absolute Gasteiger partial charge is 0.407 e. The van der Waals surface area contributed by atoms with Gasteiger partial charge < -0.3 is 10.1 Å². The van der Waals surface area contributed by atoms with Gasteiger partial charge >= 0.3 is 6.09 Å². The molecule has 0 fully saturated rings. The van der Waals surface area contributed by atoms with Gasteiger partial charge in [-0.2, -0.15) is 0 Å². The molecule has 24 heavy (non-hydrogen) atoms. The van der Waals surface area contributed by atoms with Crippen LogP contribution >= 0.6 is 0 Å². The van der Waals surface area contributed by atoms with Crippen LogP contribution in [0, 0.1) is 5.92 Å². The number of alkyl carbamates (subject to hydrolysis) is 1. The van der Waals surface area contributed by atoms with Crippen LogP contribution in [0.25, 0.3) is 0 Å². The molecule has 0 aliphatic rings. The number of carbonyl (C=O) groups is 3. The molecule has 0 saturated heterocycles. The standard InChI is InChI=1S/C19H27NO4/c1-13(21)17(14(2)22)16(20-18(23)24-19(3,4)5)12-11-15-9-7-6-8-10-15/h6-10,16-17H,11-12H2,1-5H3,(H,20,23)/t16-/m1/s1. The van der Waals surface area contributed by atoms with Gasteiger partial charge in [-0.05, 0) is 53.0 Å². The Bertz CT molecular complexity index is 561. The second-order valence-electron chi connectivity index (χ2n) is 6.98. The highest BCUT2D eigenvalue weighted by atomic mass is 16.6. The topological polar surface area (TPSA) is 72.5 Å². The molecule has 5 nitrogen and oxygen atoms in total. The van der Waals surface area contributed by atoms with E-state index in [0.717, 1.165) is 5.56 Å². The van der Waals surface area contributed by atoms with Crippen LogP contribution in [-0.4, -0.2) is 29.3 Å². The molecule has 0 aliphatic carbocycles. The normalized spacial score (nSPS) is 12.6. The number of hydrogen-bond acceptors (Lipinski definition) is 4. The van der Waals surface area contributed by atoms with Crippen molar-refractivity contribution >= 4 is 17.7 Å². The van der Waals surface area contributed by atoms with E-state index >= 15 is 0 Å². The highest BCUT2D eigenvalue weighted by Crippen LogP contribution is 2.16. The average Bonchev–Trinajstić information content (AvgIpc) is 2.43. The van der Waals surface area contributed by atoms with Crippen molar-refractivity contribution in [1.29, 1.82) is 0 Å². The van der Waals surface area contributed by atoms with Crippen LogP contribution in [0.5, 0.6) is 0 Å². The molecule has 132 valence electrons. The van der Waals surface area contributed by atoms with E-state index in [-0.39, 0.29) is 11.6 Å². The summed E-state index contributed by atoms with van der Waals surface area (Å²) in [4.78, 5) is 35.9. The maximum atomic E-state index is 12.1. The van der Waals surface area contributed by atoms with Crippen LogP contribution in [-0.2, 0) is 20.7 Å². The van der Waals surface area contributed by atoms with E-state index in [0.29, 0.717) is 12.8 Å². The largest absolute Gasteiger partial charge is 0.444 e. The number of nitrogens with one attached hydrogen (secondary N) is 1. The van der Waals surface area contributed by atoms with Gasteiger partial charge in [0.25, 0.3) is 0 Å². The van der Waals surface area contributed by atoms with Crippen molar-refractivity contribution in [2.75, 3.05) is 0 Å². The summed E-state index contributed by atoms with van der Waals surface area (Å²) in [6, 6.07) is 9.14. The van der Waals surface area contributed by atoms with Crippen LogP contribution in [0.15, 0.2) is 30.3 Å². The number of ketones is 2. The lowest BCUT2D eigenvalue weighted by atomic mass is 9.88. The minimum Gasteiger partial charge on any atom is -0.444 e. The Morgan fingerprint density at radius 3 is 2.04 bits per heavy atom. The quantitative estimate of drug-likeness (QED) is 0.777. The van der Waals surface area contributed by atoms with Crippen LogP contribution in [0.1, 0.15) is 46.6 Å². The van der Waals surface area contributed by atoms with E-state index in [9.17, 15) is 14.4 Å². The maximum absolute atomic E-state index is 12.1. The number of Topliss-reactive ketones (excluding diaryl/α,β-unsaturated/α-hetero) is 2. The summed E-state index contributed by atoms with van der Waals surface area (Å²) in [5.41, 5.74) is 0.440. The molecule has 0 unspecified atom stereocenters. The minimum absolute atomic E-state index is 0.253. The predicted octanol–water partition coefficient (Wildman–Crippen LogP) is 3.31. The molecule has 1 rings (SSSR count). The summed E-state index contributed by atoms with van der Waals surface area (Å²) < 4.78 is 5.26. The molecule has 1 aromatic carbocycles. The Morgan fingerprint density at radius 1 is 1.04 bits per heavy atom. The van der Waals surface area contributed by atoms with Crippen molar-refractivity contribution in [3.05, 3.63) is 35.9 Å². The molecule has 0 bridgehead atoms. The third kappa shape index (κ3) is 6.94. The number of amides is 1. The van der Waals surface area contributed by atoms with Gasteiger partial charge in [-0.3, -0.25) is 9.59 Å². The number of aryl methyl sites for hydroxylation is 1. The fraction of sp³-hybridized carbons (Fsp3) is 0.526. The average molecular weight is 333 g/mol. The van der Waals surface area contributed by atoms with Crippen molar-refractivity contribution in [1.82, 2.24) is 5.32 Å². The van der Waals surface area contributed by atoms with Crippen molar-refractivity contribution in [3.63, 3.8) is 0 Å². The first kappa shape index (κ1) is 19.9. The molecule has 1 amide bonds. The van der Waals surface area contributed by atoms with Crippen molar-refractivity contribution in [2.45, 2.75) is 59.1 Å². The van der Waals surface area contributed by atoms with E-state index in [1.165, 1.54) is 13.8 Å². The zero-order chi connectivity index (χ0) is 18.3. The van der Waals surface area contributed by atoms with Gasteiger partial charge in [0.1, 0.15) is 17.2 Å². The summed E-state index contributed by atoms with van der Waals surface area (Å²) in [6.45, 7) is 8.04. The summed E-state index contributed by atoms with van der Waals surface area (Å²) in [6.07, 6.45) is 0.513. The zero-order valence-corrected chi connectivity index (χ0v) is 15.1. The van der Waals surface area contributed by atoms with Gasteiger partial charge in [-0.1, -0.05) is 30.3 Å². The van der Waals surface area contributed by atoms with Gasteiger partial charge in [0, 0.05) is 6.04 Å². The van der Waals surface area contributed by atoms with E-state index in [1.807, 2.05) is 30.3 Å². The van der Waals surface area contributed by atoms with Gasteiger partial charge in [0.2, 0.25) is 0 Å². The minimum atomic E-state index is -0.860. The fourth-order valence-corrected chi connectivity index (χ4v) is 2.60. The summed E-state index contributed by atoms with van der Waals surface area (Å²) in [5, 5.41) is 2.70. The maximum Gasteiger partial charge on any atom is 0.407 e. The predicted molar refractivity (Wildman–Crippen MR) is 92.8 cm³/mol. The van der Waals surface area contributed by atoms with Gasteiger partial charge in [-0.15, -0.1) is 0 Å². The lowest BCUT2D eigenvalue weighted by Crippen LogP contribution is -2.47. The van der Waals surface area contributed by atoms with Gasteiger partial charge in [-0.25, -0.2) is 4.79 Å². The molecule has 5 heteroatoms. The Hall–Kier alpha value is -2.17. The van der Waals surface area contributed by atoms with Crippen molar-refractivity contribution in [3.8, 4) is 0 Å². The lowest BCUT2D eigenvalue weighted by Gasteiger charge is -2.27. The molecule has 0 aromatic heterocycles. The molecule has 0 spiro atoms. The Kier molecular flexibility index (Phi) is 7.14. The lowest BCUT2D eigenvalue weighted by molar-refractivity contribution is -0.131. The number of benzene rings is 1. The summed E-state index contributed by atoms with van der Waals surface area (Å²) in [7, 11) is 0. The van der Waals surface area contributed by atoms with Gasteiger partial charge in [0.05, 0.1) is 5.92 Å². The molecule has 0 aliphatic heterocycles. The fourth-order valence-electron chi connectivity index (χ4n) is 2.60. The first-order chi connectivity index (χ1) is 11.1. The molecule has 1 atom stereocenters. The van der Waals surface area contributed by atoms with Crippen molar-refractivity contribution < 1.29 is 19.1 Å². The molecule has 1 N–H and O–H groups in total. The number of hydrogen-bond donors (Lipinski definition) is 1. The van der Waals surface area contributed by atoms with E-state index < -0.39 is 23.7 Å². The summed E-state index contributed by atoms with van der Waals surface area (Å²) >= 11 is 0. The SMILES string of the molecule is CC(=O)C(C(C)=O)[C@@H](CCc1ccccc1)NC(=O)OC(C)(C)C. The number of rotatable bonds is 7. The third-order valence-corrected chi connectivity index (χ3v) is 3.57. The Morgan fingerprint density at radius 2 is 1.58 bits per heavy atom. The van der Waals surface area contributed by atoms with E-state index in [4.69, 9.17) is 4.74 Å². The Labute approximate surface area is 143 Å². The van der Waals surface area contributed by atoms with Crippen molar-refractivity contribution in [2.24, 2.45) is 5.92 Å². The first-order valence-corrected chi connectivity index (χ1v) is 8.14. The highest BCUT2D eigenvalue weighted by molar-refractivity contribution is 6.01. The molecular formula is C19H27NO4. The van der Waals surface area contributed by atoms with E-state index in [2.05, 4.69) is 5.32 Å². The van der Waals surface area contributed by atoms with Crippen LogP contribution < -0.4 is 5.32 Å². The van der Waals surface area contributed by atoms with Crippen LogP contribution in [0.4, 0.5) is 4.79 Å². The molecule has 0 radical (unpaired) electrons. The molecule has 1 aromatic rings. The third-order valence-electron chi connectivity index (χ3n) is 3.57. The van der Waals surface area contributed by atoms with Crippen LogP contribution in [0.2, 0.25) is 0 Å². The van der Waals surface area contributed by atoms with Gasteiger partial charge in [0.15, 0.2) is 0 Å². The second-order valence-corrected chi connectivity index (χ2v) is 6.98. The van der Waals surface area contributed by atoms with E-state index in [1.54, 1.807) is 20.8 Å². The molecule has 0 saturated carbocycles. The molecular weight excluding hydrogens is 306 g/mol. The number of carbonyl (C=O) groups excluding carboxylic acids is 3. The highest BCUT2D eigenvalue weighted by Gasteiger charge is 2.32. The zero-order valence-electron chi connectivity index (χ0n) is 15.1. The Balaban J connectivity index is 2.87. The second kappa shape index (κ2) is 8.62. The number of ether oxygens (including phenoxy) is 1. The molecule has 0 heterocycles.